The minimum Gasteiger partial charge on any atom is -0.462 e. The summed E-state index contributed by atoms with van der Waals surface area (Å²) in [4.78, 5) is 24.6. The lowest BCUT2D eigenvalue weighted by atomic mass is 10.0. The van der Waals surface area contributed by atoms with Crippen LogP contribution in [0, 0.1) is 0 Å². The fourth-order valence-electron chi connectivity index (χ4n) is 10.00. The van der Waals surface area contributed by atoms with E-state index in [0.717, 1.165) is 44.9 Å². The fourth-order valence-corrected chi connectivity index (χ4v) is 10.00. The smallest absolute Gasteiger partial charge is 0.306 e. The second-order valence-corrected chi connectivity index (χ2v) is 22.2. The molecule has 0 aromatic heterocycles. The summed E-state index contributed by atoms with van der Waals surface area (Å²) in [7, 11) is 0. The predicted octanol–water partition coefficient (Wildman–Crippen LogP) is 22.2. The second kappa shape index (κ2) is 63.4. The number of unbranched alkanes of at least 4 members (excludes halogenated alkanes) is 47. The van der Waals surface area contributed by atoms with Gasteiger partial charge in [-0.1, -0.05) is 314 Å². The molecule has 0 spiro atoms. The number of carbonyl (C=O) groups is 2. The lowest BCUT2D eigenvalue weighted by Crippen LogP contribution is -2.28. The van der Waals surface area contributed by atoms with Crippen LogP contribution >= 0.6 is 0 Å². The maximum Gasteiger partial charge on any atom is 0.306 e. The lowest BCUT2D eigenvalue weighted by molar-refractivity contribution is -0.161. The van der Waals surface area contributed by atoms with Gasteiger partial charge < -0.3 is 14.6 Å². The predicted molar refractivity (Wildman–Crippen MR) is 316 cm³/mol. The van der Waals surface area contributed by atoms with Gasteiger partial charge in [-0.3, -0.25) is 9.59 Å². The van der Waals surface area contributed by atoms with Crippen LogP contribution in [0.5, 0.6) is 0 Å². The second-order valence-electron chi connectivity index (χ2n) is 22.2. The number of ether oxygens (including phenoxy) is 2. The highest BCUT2D eigenvalue weighted by Gasteiger charge is 2.16. The first-order valence-electron chi connectivity index (χ1n) is 32.5. The standard InChI is InChI=1S/C67H126O5/c1-3-5-7-9-11-13-15-17-19-21-23-25-26-27-28-29-30-31-32-33-34-35-36-37-38-39-40-42-44-46-48-50-52-54-56-58-60-62-67(70)72-65(63-68)64-71-66(69)61-59-57-55-53-51-49-47-45-43-41-24-22-20-18-16-14-12-10-8-6-4-2/h15,17,21-24,65,68H,3-14,16,18-20,25-64H2,1-2H3/b17-15-,23-21-,24-22-. The molecular formula is C67H126O5. The zero-order valence-corrected chi connectivity index (χ0v) is 48.7. The van der Waals surface area contributed by atoms with E-state index in [1.807, 2.05) is 0 Å². The topological polar surface area (TPSA) is 72.8 Å². The summed E-state index contributed by atoms with van der Waals surface area (Å²) in [5, 5.41) is 9.67. The number of allylic oxidation sites excluding steroid dienone is 6. The Morgan fingerprint density at radius 1 is 0.319 bits per heavy atom. The van der Waals surface area contributed by atoms with Gasteiger partial charge in [-0.2, -0.15) is 0 Å². The van der Waals surface area contributed by atoms with Gasteiger partial charge in [0.2, 0.25) is 0 Å². The zero-order chi connectivity index (χ0) is 52.0. The van der Waals surface area contributed by atoms with E-state index in [2.05, 4.69) is 50.3 Å². The van der Waals surface area contributed by atoms with Crippen molar-refractivity contribution >= 4 is 11.9 Å². The average Bonchev–Trinajstić information content (AvgIpc) is 3.38. The van der Waals surface area contributed by atoms with E-state index >= 15 is 0 Å². The molecule has 0 saturated carbocycles. The van der Waals surface area contributed by atoms with Crippen molar-refractivity contribution in [2.75, 3.05) is 13.2 Å². The maximum absolute atomic E-state index is 12.3. The number of aliphatic hydroxyl groups is 1. The molecule has 72 heavy (non-hydrogen) atoms. The molecule has 1 N–H and O–H groups in total. The van der Waals surface area contributed by atoms with E-state index < -0.39 is 6.10 Å². The Labute approximate surface area is 450 Å². The molecule has 0 aromatic rings. The Balaban J connectivity index is 3.38. The van der Waals surface area contributed by atoms with Gasteiger partial charge in [-0.25, -0.2) is 0 Å². The van der Waals surface area contributed by atoms with Crippen molar-refractivity contribution in [2.45, 2.75) is 367 Å². The number of hydrogen-bond donors (Lipinski definition) is 1. The molecule has 0 radical (unpaired) electrons. The summed E-state index contributed by atoms with van der Waals surface area (Å²) in [6.45, 7) is 4.18. The molecular weight excluding hydrogens is 885 g/mol. The first kappa shape index (κ1) is 70.1. The van der Waals surface area contributed by atoms with Crippen molar-refractivity contribution in [3.8, 4) is 0 Å². The summed E-state index contributed by atoms with van der Waals surface area (Å²) in [6.07, 6.45) is 83.1. The van der Waals surface area contributed by atoms with Crippen molar-refractivity contribution in [1.29, 1.82) is 0 Å². The SMILES string of the molecule is CCCCCCC/C=C\C/C=C\CCCCCCCCCCCCCCCCCCCCCCCCCCCC(=O)OC(CO)COC(=O)CCCCCCCCCCC/C=C\CCCCCCCCCC. The highest BCUT2D eigenvalue weighted by molar-refractivity contribution is 5.70. The van der Waals surface area contributed by atoms with Crippen molar-refractivity contribution in [3.63, 3.8) is 0 Å². The van der Waals surface area contributed by atoms with Crippen LogP contribution in [0.25, 0.3) is 0 Å². The Morgan fingerprint density at radius 2 is 0.556 bits per heavy atom. The van der Waals surface area contributed by atoms with E-state index in [0.29, 0.717) is 12.8 Å². The zero-order valence-electron chi connectivity index (χ0n) is 48.7. The highest BCUT2D eigenvalue weighted by atomic mass is 16.6. The van der Waals surface area contributed by atoms with E-state index in [1.165, 1.54) is 289 Å². The molecule has 0 aliphatic heterocycles. The van der Waals surface area contributed by atoms with Crippen LogP contribution in [0.4, 0.5) is 0 Å². The summed E-state index contributed by atoms with van der Waals surface area (Å²) in [5.41, 5.74) is 0. The largest absolute Gasteiger partial charge is 0.462 e. The van der Waals surface area contributed by atoms with Crippen LogP contribution < -0.4 is 0 Å². The number of aliphatic hydroxyl groups excluding tert-OH is 1. The van der Waals surface area contributed by atoms with Crippen molar-refractivity contribution in [1.82, 2.24) is 0 Å². The minimum atomic E-state index is -0.770. The van der Waals surface area contributed by atoms with Crippen molar-refractivity contribution < 1.29 is 24.2 Å². The van der Waals surface area contributed by atoms with Gasteiger partial charge in [0.05, 0.1) is 6.61 Å². The summed E-state index contributed by atoms with van der Waals surface area (Å²) in [6, 6.07) is 0. The number of carbonyl (C=O) groups excluding carboxylic acids is 2. The van der Waals surface area contributed by atoms with Gasteiger partial charge in [0.1, 0.15) is 6.61 Å². The Hall–Kier alpha value is -1.88. The Morgan fingerprint density at radius 3 is 0.833 bits per heavy atom. The van der Waals surface area contributed by atoms with Crippen molar-refractivity contribution in [3.05, 3.63) is 36.5 Å². The molecule has 1 unspecified atom stereocenters. The summed E-state index contributed by atoms with van der Waals surface area (Å²) in [5.74, 6) is -0.572. The third-order valence-corrected chi connectivity index (χ3v) is 14.9. The van der Waals surface area contributed by atoms with Crippen LogP contribution in [0.3, 0.4) is 0 Å². The molecule has 0 rings (SSSR count). The molecule has 0 bridgehead atoms. The summed E-state index contributed by atoms with van der Waals surface area (Å²) < 4.78 is 10.7. The van der Waals surface area contributed by atoms with Gasteiger partial charge in [-0.05, 0) is 70.6 Å². The van der Waals surface area contributed by atoms with E-state index in [1.54, 1.807) is 0 Å². The monoisotopic (exact) mass is 1010 g/mol. The van der Waals surface area contributed by atoms with E-state index in [-0.39, 0.29) is 25.2 Å². The van der Waals surface area contributed by atoms with E-state index in [4.69, 9.17) is 9.47 Å². The van der Waals surface area contributed by atoms with Crippen LogP contribution in [0.1, 0.15) is 361 Å². The number of rotatable bonds is 61. The molecule has 0 fully saturated rings. The lowest BCUT2D eigenvalue weighted by Gasteiger charge is -2.15. The van der Waals surface area contributed by atoms with Crippen LogP contribution in [-0.2, 0) is 19.1 Å². The number of esters is 2. The first-order chi connectivity index (χ1) is 35.6. The minimum absolute atomic E-state index is 0.0614. The molecule has 5 nitrogen and oxygen atoms in total. The van der Waals surface area contributed by atoms with Crippen LogP contribution in [0.2, 0.25) is 0 Å². The molecule has 0 aliphatic rings. The number of hydrogen-bond acceptors (Lipinski definition) is 5. The molecule has 0 saturated heterocycles. The van der Waals surface area contributed by atoms with Crippen LogP contribution in [-0.4, -0.2) is 36.4 Å². The molecule has 0 heterocycles. The third kappa shape index (κ3) is 60.7. The van der Waals surface area contributed by atoms with Gasteiger partial charge in [-0.15, -0.1) is 0 Å². The highest BCUT2D eigenvalue weighted by Crippen LogP contribution is 2.18. The molecule has 0 amide bonds. The molecule has 1 atom stereocenters. The molecule has 5 heteroatoms. The first-order valence-corrected chi connectivity index (χ1v) is 32.5. The van der Waals surface area contributed by atoms with E-state index in [9.17, 15) is 14.7 Å². The van der Waals surface area contributed by atoms with Crippen molar-refractivity contribution in [2.24, 2.45) is 0 Å². The fraction of sp³-hybridized carbons (Fsp3) is 0.881. The maximum atomic E-state index is 12.3. The van der Waals surface area contributed by atoms with Gasteiger partial charge in [0.15, 0.2) is 6.10 Å². The normalized spacial score (nSPS) is 12.3. The Bertz CT molecular complexity index is 1140. The van der Waals surface area contributed by atoms with Gasteiger partial charge in [0.25, 0.3) is 0 Å². The summed E-state index contributed by atoms with van der Waals surface area (Å²) >= 11 is 0. The van der Waals surface area contributed by atoms with Gasteiger partial charge in [0, 0.05) is 12.8 Å². The quantitative estimate of drug-likeness (QED) is 0.0373. The molecule has 0 aliphatic carbocycles. The molecule has 0 aromatic carbocycles. The van der Waals surface area contributed by atoms with Gasteiger partial charge >= 0.3 is 11.9 Å². The Kier molecular flexibility index (Phi) is 61.8. The third-order valence-electron chi connectivity index (χ3n) is 14.9. The van der Waals surface area contributed by atoms with Crippen LogP contribution in [0.15, 0.2) is 36.5 Å². The molecule has 424 valence electrons. The average molecular weight is 1010 g/mol.